The van der Waals surface area contributed by atoms with Crippen molar-refractivity contribution in [1.29, 1.82) is 0 Å². The van der Waals surface area contributed by atoms with Crippen LogP contribution in [0.4, 0.5) is 0 Å². The molecular weight excluding hydrogens is 536 g/mol. The molecule has 206 valence electrons. The fraction of sp³-hybridized carbons (Fsp3) is 0.0750. The van der Waals surface area contributed by atoms with E-state index in [0.717, 1.165) is 27.3 Å². The Hall–Kier alpha value is -5.61. The molecule has 0 aliphatic heterocycles. The summed E-state index contributed by atoms with van der Waals surface area (Å²) in [6.07, 6.45) is 5.99. The first kappa shape index (κ1) is 23.9. The highest BCUT2D eigenvalue weighted by Gasteiger charge is 2.40. The zero-order valence-electron chi connectivity index (χ0n) is 24.3. The third kappa shape index (κ3) is 2.85. The van der Waals surface area contributed by atoms with Crippen LogP contribution in [0.1, 0.15) is 25.0 Å². The summed E-state index contributed by atoms with van der Waals surface area (Å²) in [6, 6.07) is 36.9. The normalized spacial score (nSPS) is 13.9. The van der Waals surface area contributed by atoms with Crippen molar-refractivity contribution in [2.45, 2.75) is 19.3 Å². The number of nitrogens with zero attached hydrogens (tertiary/aromatic N) is 4. The number of para-hydroxylation sites is 1. The van der Waals surface area contributed by atoms with E-state index in [1.807, 2.05) is 12.4 Å². The summed E-state index contributed by atoms with van der Waals surface area (Å²) >= 11 is 0. The zero-order chi connectivity index (χ0) is 29.2. The predicted molar refractivity (Wildman–Crippen MR) is 182 cm³/mol. The fourth-order valence-electron chi connectivity index (χ4n) is 8.07. The minimum atomic E-state index is -0.192. The van der Waals surface area contributed by atoms with E-state index < -0.39 is 0 Å². The van der Waals surface area contributed by atoms with Gasteiger partial charge in [0.1, 0.15) is 0 Å². The lowest BCUT2D eigenvalue weighted by Gasteiger charge is -2.23. The lowest BCUT2D eigenvalue weighted by Crippen LogP contribution is -2.15. The van der Waals surface area contributed by atoms with Gasteiger partial charge in [-0.15, -0.1) is 0 Å². The van der Waals surface area contributed by atoms with Crippen molar-refractivity contribution < 1.29 is 0 Å². The third-order valence-corrected chi connectivity index (χ3v) is 9.88. The molecule has 0 amide bonds. The molecule has 0 bridgehead atoms. The van der Waals surface area contributed by atoms with E-state index in [4.69, 9.17) is 9.97 Å². The molecule has 0 saturated carbocycles. The van der Waals surface area contributed by atoms with Gasteiger partial charge >= 0.3 is 0 Å². The van der Waals surface area contributed by atoms with Crippen LogP contribution in [0.5, 0.6) is 0 Å². The van der Waals surface area contributed by atoms with Gasteiger partial charge in [-0.1, -0.05) is 105 Å². The van der Waals surface area contributed by atoms with Crippen LogP contribution in [0.3, 0.4) is 0 Å². The highest BCUT2D eigenvalue weighted by molar-refractivity contribution is 6.28. The minimum absolute atomic E-state index is 0.192. The number of hydrogen-bond donors (Lipinski definition) is 0. The molecule has 4 heteroatoms. The largest absolute Gasteiger partial charge is 0.277 e. The second-order valence-electron chi connectivity index (χ2n) is 12.4. The second-order valence-corrected chi connectivity index (χ2v) is 12.4. The molecular formula is C40H26N4. The lowest BCUT2D eigenvalue weighted by atomic mass is 9.80. The molecule has 6 aromatic carbocycles. The molecule has 1 aliphatic rings. The van der Waals surface area contributed by atoms with Crippen LogP contribution in [0.25, 0.3) is 82.1 Å². The Balaban J connectivity index is 1.44. The summed E-state index contributed by atoms with van der Waals surface area (Å²) < 4.78 is 2.31. The summed E-state index contributed by atoms with van der Waals surface area (Å²) in [5, 5.41) is 10.6. The summed E-state index contributed by atoms with van der Waals surface area (Å²) in [7, 11) is 0. The molecule has 0 N–H and O–H groups in total. The third-order valence-electron chi connectivity index (χ3n) is 9.88. The van der Waals surface area contributed by atoms with E-state index in [-0.39, 0.29) is 5.41 Å². The molecule has 9 aromatic rings. The van der Waals surface area contributed by atoms with Crippen LogP contribution in [-0.4, -0.2) is 19.5 Å². The summed E-state index contributed by atoms with van der Waals surface area (Å²) in [5.74, 6) is 0.682. The number of aromatic nitrogens is 4. The quantitative estimate of drug-likeness (QED) is 0.187. The first-order valence-corrected chi connectivity index (χ1v) is 15.1. The second kappa shape index (κ2) is 8.27. The molecule has 3 aromatic heterocycles. The Morgan fingerprint density at radius 1 is 0.591 bits per heavy atom. The van der Waals surface area contributed by atoms with Gasteiger partial charge in [0, 0.05) is 56.5 Å². The van der Waals surface area contributed by atoms with Gasteiger partial charge in [-0.05, 0) is 50.4 Å². The van der Waals surface area contributed by atoms with Crippen LogP contribution < -0.4 is 0 Å². The van der Waals surface area contributed by atoms with Crippen molar-refractivity contribution in [3.63, 3.8) is 0 Å². The molecule has 0 fully saturated rings. The first-order valence-electron chi connectivity index (χ1n) is 15.1. The lowest BCUT2D eigenvalue weighted by molar-refractivity contribution is 0.666. The fourth-order valence-corrected chi connectivity index (χ4v) is 8.07. The topological polar surface area (TPSA) is 43.6 Å². The van der Waals surface area contributed by atoms with E-state index in [0.29, 0.717) is 5.95 Å². The van der Waals surface area contributed by atoms with E-state index in [2.05, 4.69) is 133 Å². The predicted octanol–water partition coefficient (Wildman–Crippen LogP) is 9.89. The highest BCUT2D eigenvalue weighted by atomic mass is 15.2. The molecule has 44 heavy (non-hydrogen) atoms. The summed E-state index contributed by atoms with van der Waals surface area (Å²) in [4.78, 5) is 15.2. The molecule has 3 heterocycles. The highest BCUT2D eigenvalue weighted by Crippen LogP contribution is 2.56. The minimum Gasteiger partial charge on any atom is -0.277 e. The molecule has 0 radical (unpaired) electrons. The average Bonchev–Trinajstić information content (AvgIpc) is 3.54. The van der Waals surface area contributed by atoms with E-state index in [1.54, 1.807) is 0 Å². The smallest absolute Gasteiger partial charge is 0.235 e. The maximum Gasteiger partial charge on any atom is 0.235 e. The number of fused-ring (bicyclic) bond motifs is 16. The Morgan fingerprint density at radius 3 is 2.07 bits per heavy atom. The molecule has 0 atom stereocenters. The number of rotatable bonds is 1. The van der Waals surface area contributed by atoms with Crippen molar-refractivity contribution >= 4 is 65.0 Å². The maximum absolute atomic E-state index is 5.43. The van der Waals surface area contributed by atoms with Gasteiger partial charge in [0.15, 0.2) is 0 Å². The van der Waals surface area contributed by atoms with E-state index in [1.165, 1.54) is 60.0 Å². The van der Waals surface area contributed by atoms with E-state index in [9.17, 15) is 0 Å². The maximum atomic E-state index is 5.43. The average molecular weight is 563 g/mol. The Kier molecular flexibility index (Phi) is 4.49. The Bertz CT molecular complexity index is 2660. The Labute approximate surface area is 253 Å². The van der Waals surface area contributed by atoms with Crippen molar-refractivity contribution in [1.82, 2.24) is 19.5 Å². The zero-order valence-corrected chi connectivity index (χ0v) is 24.3. The summed E-state index contributed by atoms with van der Waals surface area (Å²) in [5.41, 5.74) is 8.20. The van der Waals surface area contributed by atoms with Crippen molar-refractivity contribution in [2.75, 3.05) is 0 Å². The monoisotopic (exact) mass is 562 g/mol. The van der Waals surface area contributed by atoms with Gasteiger partial charge in [0.2, 0.25) is 5.95 Å². The first-order chi connectivity index (χ1) is 21.6. The molecule has 0 saturated heterocycles. The van der Waals surface area contributed by atoms with Gasteiger partial charge < -0.3 is 0 Å². The van der Waals surface area contributed by atoms with Crippen LogP contribution in [0, 0.1) is 0 Å². The van der Waals surface area contributed by atoms with E-state index >= 15 is 0 Å². The van der Waals surface area contributed by atoms with Crippen molar-refractivity contribution in [3.05, 3.63) is 133 Å². The van der Waals surface area contributed by atoms with Gasteiger partial charge in [0.25, 0.3) is 0 Å². The molecule has 10 rings (SSSR count). The van der Waals surface area contributed by atoms with Gasteiger partial charge in [0.05, 0.1) is 16.6 Å². The number of hydrogen-bond acceptors (Lipinski definition) is 3. The van der Waals surface area contributed by atoms with Crippen LogP contribution >= 0.6 is 0 Å². The molecule has 0 unspecified atom stereocenters. The molecule has 0 spiro atoms. The SMILES string of the molecule is CC1(C)c2ccccc2-c2c1c1cnccc1c1c3ccccc3n(-c3ncc4c5ccccc5c5ccccc5c4n3)c21. The standard InChI is InChI=1S/C40H26N4/c1-40(2)32-17-9-7-15-28(32)35-36(40)30-21-41-20-19-26(30)34-29-16-8-10-18-33(29)44(38(34)35)39-42-22-31-25-13-4-3-11-23(25)24-12-5-6-14-27(24)37(31)43-39/h3-22H,1-2H3. The van der Waals surface area contributed by atoms with Gasteiger partial charge in [-0.25, -0.2) is 9.97 Å². The van der Waals surface area contributed by atoms with Crippen molar-refractivity contribution in [2.24, 2.45) is 0 Å². The number of benzene rings is 6. The van der Waals surface area contributed by atoms with Crippen molar-refractivity contribution in [3.8, 4) is 17.1 Å². The van der Waals surface area contributed by atoms with Crippen LogP contribution in [-0.2, 0) is 5.41 Å². The number of pyridine rings is 1. The van der Waals surface area contributed by atoms with Crippen LogP contribution in [0.15, 0.2) is 122 Å². The summed E-state index contributed by atoms with van der Waals surface area (Å²) in [6.45, 7) is 4.68. The molecule has 4 nitrogen and oxygen atoms in total. The molecule has 1 aliphatic carbocycles. The van der Waals surface area contributed by atoms with Gasteiger partial charge in [-0.3, -0.25) is 9.55 Å². The van der Waals surface area contributed by atoms with Gasteiger partial charge in [-0.2, -0.15) is 0 Å². The Morgan fingerprint density at radius 2 is 1.25 bits per heavy atom. The van der Waals surface area contributed by atoms with Crippen LogP contribution in [0.2, 0.25) is 0 Å².